The Hall–Kier alpha value is -1.91. The number of ether oxygens (including phenoxy) is 1. The molecule has 2 aromatic carbocycles. The van der Waals surface area contributed by atoms with Gasteiger partial charge in [-0.15, -0.1) is 0 Å². The summed E-state index contributed by atoms with van der Waals surface area (Å²) in [6, 6.07) is 10.6. The van der Waals surface area contributed by atoms with Gasteiger partial charge >= 0.3 is 5.97 Å². The fourth-order valence-electron chi connectivity index (χ4n) is 3.81. The third kappa shape index (κ3) is 3.87. The molecule has 6 heteroatoms. The standard InChI is InChI=1S/C21H21Cl2NO3/c22-16-5-6-17(18(23)9-16)15-11-24(10-13-2-1-3-13)19-8-14(21(25)26)4-7-20(19)27-12-15/h4-9,13,15H,1-3,10-12H2,(H,25,26)/t15-/m0/s1. The predicted octanol–water partition coefficient (Wildman–Crippen LogP) is 5.47. The van der Waals surface area contributed by atoms with E-state index in [0.29, 0.717) is 22.6 Å². The molecule has 4 nitrogen and oxygen atoms in total. The lowest BCUT2D eigenvalue weighted by Gasteiger charge is -2.34. The van der Waals surface area contributed by atoms with Crippen molar-refractivity contribution in [1.29, 1.82) is 0 Å². The SMILES string of the molecule is O=C(O)c1ccc2c(c1)N(CC1CCC1)C[C@H](c1ccc(Cl)cc1Cl)CO2. The van der Waals surface area contributed by atoms with E-state index in [1.165, 1.54) is 19.3 Å². The van der Waals surface area contributed by atoms with Crippen LogP contribution in [0.15, 0.2) is 36.4 Å². The Morgan fingerprint density at radius 1 is 1.19 bits per heavy atom. The molecular formula is C21H21Cl2NO3. The van der Waals surface area contributed by atoms with Crippen LogP contribution in [0.4, 0.5) is 5.69 Å². The minimum atomic E-state index is -0.928. The molecular weight excluding hydrogens is 385 g/mol. The van der Waals surface area contributed by atoms with Crippen LogP contribution in [0, 0.1) is 5.92 Å². The van der Waals surface area contributed by atoms with Gasteiger partial charge in [-0.3, -0.25) is 0 Å². The average molecular weight is 406 g/mol. The molecule has 0 saturated heterocycles. The Bertz CT molecular complexity index is 867. The molecule has 0 spiro atoms. The summed E-state index contributed by atoms with van der Waals surface area (Å²) < 4.78 is 6.07. The maximum Gasteiger partial charge on any atom is 0.335 e. The third-order valence-electron chi connectivity index (χ3n) is 5.53. The number of hydrogen-bond donors (Lipinski definition) is 1. The molecule has 0 amide bonds. The smallest absolute Gasteiger partial charge is 0.335 e. The maximum atomic E-state index is 11.4. The lowest BCUT2D eigenvalue weighted by molar-refractivity contribution is 0.0697. The van der Waals surface area contributed by atoms with Crippen LogP contribution in [0.5, 0.6) is 5.75 Å². The monoisotopic (exact) mass is 405 g/mol. The van der Waals surface area contributed by atoms with Crippen molar-refractivity contribution in [2.45, 2.75) is 25.2 Å². The van der Waals surface area contributed by atoms with Gasteiger partial charge in [0, 0.05) is 29.1 Å². The van der Waals surface area contributed by atoms with Gasteiger partial charge in [0.1, 0.15) is 5.75 Å². The fourth-order valence-corrected chi connectivity index (χ4v) is 4.37. The molecule has 1 saturated carbocycles. The first-order valence-corrected chi connectivity index (χ1v) is 9.97. The van der Waals surface area contributed by atoms with Gasteiger partial charge < -0.3 is 14.7 Å². The van der Waals surface area contributed by atoms with Crippen LogP contribution >= 0.6 is 23.2 Å². The second-order valence-electron chi connectivity index (χ2n) is 7.36. The number of nitrogens with zero attached hydrogens (tertiary/aromatic N) is 1. The maximum absolute atomic E-state index is 11.4. The van der Waals surface area contributed by atoms with Gasteiger partial charge in [0.2, 0.25) is 0 Å². The quantitative estimate of drug-likeness (QED) is 0.731. The van der Waals surface area contributed by atoms with Crippen LogP contribution in [-0.4, -0.2) is 30.8 Å². The van der Waals surface area contributed by atoms with Crippen LogP contribution in [0.1, 0.15) is 41.1 Å². The predicted molar refractivity (Wildman–Crippen MR) is 108 cm³/mol. The number of benzene rings is 2. The molecule has 1 atom stereocenters. The average Bonchev–Trinajstić information content (AvgIpc) is 2.77. The van der Waals surface area contributed by atoms with Crippen molar-refractivity contribution in [2.75, 3.05) is 24.6 Å². The van der Waals surface area contributed by atoms with Gasteiger partial charge in [0.15, 0.2) is 0 Å². The van der Waals surface area contributed by atoms with Crippen molar-refractivity contribution in [3.63, 3.8) is 0 Å². The number of carboxylic acids is 1. The summed E-state index contributed by atoms with van der Waals surface area (Å²) in [7, 11) is 0. The topological polar surface area (TPSA) is 49.8 Å². The van der Waals surface area contributed by atoms with Crippen molar-refractivity contribution in [1.82, 2.24) is 0 Å². The highest BCUT2D eigenvalue weighted by atomic mass is 35.5. The summed E-state index contributed by atoms with van der Waals surface area (Å²) >= 11 is 12.5. The zero-order valence-electron chi connectivity index (χ0n) is 14.8. The minimum Gasteiger partial charge on any atom is -0.491 e. The molecule has 0 bridgehead atoms. The molecule has 0 unspecified atom stereocenters. The van der Waals surface area contributed by atoms with Gasteiger partial charge in [0.25, 0.3) is 0 Å². The number of aromatic carboxylic acids is 1. The summed E-state index contributed by atoms with van der Waals surface area (Å²) in [6.45, 7) is 2.12. The fraction of sp³-hybridized carbons (Fsp3) is 0.381. The number of fused-ring (bicyclic) bond motifs is 1. The van der Waals surface area contributed by atoms with Crippen LogP contribution < -0.4 is 9.64 Å². The van der Waals surface area contributed by atoms with E-state index in [1.807, 2.05) is 12.1 Å². The van der Waals surface area contributed by atoms with Gasteiger partial charge in [0.05, 0.1) is 17.9 Å². The second kappa shape index (κ2) is 7.61. The Morgan fingerprint density at radius 3 is 2.67 bits per heavy atom. The highest BCUT2D eigenvalue weighted by molar-refractivity contribution is 6.35. The van der Waals surface area contributed by atoms with Crippen molar-refractivity contribution in [3.05, 3.63) is 57.6 Å². The van der Waals surface area contributed by atoms with Gasteiger partial charge in [-0.2, -0.15) is 0 Å². The van der Waals surface area contributed by atoms with Crippen molar-refractivity contribution < 1.29 is 14.6 Å². The van der Waals surface area contributed by atoms with E-state index in [0.717, 1.165) is 30.1 Å². The van der Waals surface area contributed by atoms with E-state index in [4.69, 9.17) is 27.9 Å². The van der Waals surface area contributed by atoms with E-state index in [9.17, 15) is 9.90 Å². The number of halogens is 2. The molecule has 27 heavy (non-hydrogen) atoms. The third-order valence-corrected chi connectivity index (χ3v) is 6.10. The zero-order chi connectivity index (χ0) is 19.0. The Kier molecular flexibility index (Phi) is 5.20. The Labute approximate surface area is 168 Å². The lowest BCUT2D eigenvalue weighted by Crippen LogP contribution is -2.35. The molecule has 1 heterocycles. The Balaban J connectivity index is 1.68. The van der Waals surface area contributed by atoms with Crippen LogP contribution in [-0.2, 0) is 0 Å². The number of carbonyl (C=O) groups is 1. The van der Waals surface area contributed by atoms with E-state index in [2.05, 4.69) is 4.90 Å². The van der Waals surface area contributed by atoms with Crippen LogP contribution in [0.3, 0.4) is 0 Å². The number of rotatable bonds is 4. The first-order valence-electron chi connectivity index (χ1n) is 9.21. The number of carboxylic acid groups (broad SMARTS) is 1. The molecule has 2 aliphatic rings. The summed E-state index contributed by atoms with van der Waals surface area (Å²) in [5, 5.41) is 10.6. The highest BCUT2D eigenvalue weighted by Crippen LogP contribution is 2.39. The molecule has 4 rings (SSSR count). The molecule has 0 aromatic heterocycles. The van der Waals surface area contributed by atoms with Crippen LogP contribution in [0.2, 0.25) is 10.0 Å². The molecule has 2 aromatic rings. The largest absolute Gasteiger partial charge is 0.491 e. The lowest BCUT2D eigenvalue weighted by atomic mass is 9.84. The highest BCUT2D eigenvalue weighted by Gasteiger charge is 2.29. The number of anilines is 1. The summed E-state index contributed by atoms with van der Waals surface area (Å²) in [6.07, 6.45) is 3.71. The van der Waals surface area contributed by atoms with Gasteiger partial charge in [-0.05, 0) is 54.7 Å². The normalized spacial score (nSPS) is 19.6. The van der Waals surface area contributed by atoms with Crippen molar-refractivity contribution >= 4 is 34.9 Å². The van der Waals surface area contributed by atoms with E-state index < -0.39 is 5.97 Å². The van der Waals surface area contributed by atoms with E-state index in [1.54, 1.807) is 24.3 Å². The first kappa shape index (κ1) is 18.5. The minimum absolute atomic E-state index is 0.0792. The zero-order valence-corrected chi connectivity index (χ0v) is 16.3. The van der Waals surface area contributed by atoms with Crippen LogP contribution in [0.25, 0.3) is 0 Å². The van der Waals surface area contributed by atoms with E-state index in [-0.39, 0.29) is 11.5 Å². The number of hydrogen-bond acceptors (Lipinski definition) is 3. The molecule has 0 radical (unpaired) electrons. The molecule has 142 valence electrons. The summed E-state index contributed by atoms with van der Waals surface area (Å²) in [5.74, 6) is 0.524. The summed E-state index contributed by atoms with van der Waals surface area (Å²) in [4.78, 5) is 13.7. The molecule has 1 aliphatic carbocycles. The Morgan fingerprint density at radius 2 is 2.00 bits per heavy atom. The first-order chi connectivity index (χ1) is 13.0. The second-order valence-corrected chi connectivity index (χ2v) is 8.21. The van der Waals surface area contributed by atoms with Crippen molar-refractivity contribution in [3.8, 4) is 5.75 Å². The molecule has 1 N–H and O–H groups in total. The summed E-state index contributed by atoms with van der Waals surface area (Å²) in [5.41, 5.74) is 2.14. The van der Waals surface area contributed by atoms with Crippen molar-refractivity contribution in [2.24, 2.45) is 5.92 Å². The molecule has 1 aliphatic heterocycles. The molecule has 1 fully saturated rings. The van der Waals surface area contributed by atoms with E-state index >= 15 is 0 Å². The van der Waals surface area contributed by atoms with Gasteiger partial charge in [-0.25, -0.2) is 4.79 Å². The van der Waals surface area contributed by atoms with Gasteiger partial charge in [-0.1, -0.05) is 35.7 Å².